The Hall–Kier alpha value is -1.29. The van der Waals surface area contributed by atoms with Crippen LogP contribution in [0.25, 0.3) is 0 Å². The van der Waals surface area contributed by atoms with E-state index in [9.17, 15) is 8.42 Å². The number of ether oxygens (including phenoxy) is 1. The first-order valence-electron chi connectivity index (χ1n) is 5.78. The van der Waals surface area contributed by atoms with E-state index in [1.54, 1.807) is 12.1 Å². The largest absolute Gasteiger partial charge is 0.497 e. The molecule has 19 heavy (non-hydrogen) atoms. The molecule has 0 aliphatic rings. The summed E-state index contributed by atoms with van der Waals surface area (Å²) in [5, 5.41) is 0. The van der Waals surface area contributed by atoms with E-state index in [-0.39, 0.29) is 11.5 Å². The van der Waals surface area contributed by atoms with Gasteiger partial charge in [-0.1, -0.05) is 25.6 Å². The summed E-state index contributed by atoms with van der Waals surface area (Å²) in [4.78, 5) is 0.100. The highest BCUT2D eigenvalue weighted by Crippen LogP contribution is 2.17. The summed E-state index contributed by atoms with van der Waals surface area (Å²) in [5.41, 5.74) is 3.04. The quantitative estimate of drug-likeness (QED) is 0.486. The van der Waals surface area contributed by atoms with Gasteiger partial charge in [-0.05, 0) is 24.3 Å². The maximum absolute atomic E-state index is 11.8. The lowest BCUT2D eigenvalue weighted by Crippen LogP contribution is -2.17. The van der Waals surface area contributed by atoms with E-state index in [4.69, 9.17) is 8.92 Å². The lowest BCUT2D eigenvalue weighted by atomic mass is 10.3. The maximum atomic E-state index is 11.8. The molecule has 1 aromatic rings. The Labute approximate surface area is 115 Å². The summed E-state index contributed by atoms with van der Waals surface area (Å²) in [7, 11) is -3.72. The molecule has 0 aromatic heterocycles. The van der Waals surface area contributed by atoms with Crippen molar-refractivity contribution in [3.63, 3.8) is 0 Å². The predicted molar refractivity (Wildman–Crippen MR) is 77.3 cm³/mol. The Bertz CT molecular complexity index is 574. The van der Waals surface area contributed by atoms with Crippen LogP contribution in [-0.2, 0) is 14.3 Å². The van der Waals surface area contributed by atoms with Crippen molar-refractivity contribution in [2.24, 2.45) is 0 Å². The first kappa shape index (κ1) is 15.8. The van der Waals surface area contributed by atoms with Crippen molar-refractivity contribution in [3.8, 4) is 17.2 Å². The van der Waals surface area contributed by atoms with Gasteiger partial charge in [0.2, 0.25) is 0 Å². The van der Waals surface area contributed by atoms with Gasteiger partial charge < -0.3 is 4.74 Å². The highest BCUT2D eigenvalue weighted by atomic mass is 32.2. The second-order valence-corrected chi connectivity index (χ2v) is 11.3. The van der Waals surface area contributed by atoms with Crippen LogP contribution < -0.4 is 4.74 Å². The van der Waals surface area contributed by atoms with E-state index in [0.29, 0.717) is 5.75 Å². The van der Waals surface area contributed by atoms with Crippen LogP contribution in [0.5, 0.6) is 5.75 Å². The first-order chi connectivity index (χ1) is 8.74. The molecule has 0 spiro atoms. The number of hydrogen-bond donors (Lipinski definition) is 0. The van der Waals surface area contributed by atoms with Crippen molar-refractivity contribution in [1.29, 1.82) is 0 Å². The minimum Gasteiger partial charge on any atom is -0.497 e. The molecule has 0 atom stereocenters. The third-order valence-electron chi connectivity index (χ3n) is 2.10. The fourth-order valence-electron chi connectivity index (χ4n) is 1.22. The maximum Gasteiger partial charge on any atom is 0.297 e. The molecule has 0 amide bonds. The summed E-state index contributed by atoms with van der Waals surface area (Å²) in [6, 6.07) is 6.04. The summed E-state index contributed by atoms with van der Waals surface area (Å²) < 4.78 is 33.5. The second kappa shape index (κ2) is 6.24. The van der Waals surface area contributed by atoms with Crippen molar-refractivity contribution < 1.29 is 17.3 Å². The van der Waals surface area contributed by atoms with Crippen LogP contribution in [0.1, 0.15) is 0 Å². The van der Waals surface area contributed by atoms with Crippen LogP contribution in [0.3, 0.4) is 0 Å². The Kier molecular flexibility index (Phi) is 5.17. The van der Waals surface area contributed by atoms with Crippen molar-refractivity contribution in [2.75, 3.05) is 13.7 Å². The number of benzene rings is 1. The third-order valence-corrected chi connectivity index (χ3v) is 4.30. The second-order valence-electron chi connectivity index (χ2n) is 4.94. The smallest absolute Gasteiger partial charge is 0.297 e. The molecule has 0 bridgehead atoms. The molecule has 0 saturated heterocycles. The van der Waals surface area contributed by atoms with Gasteiger partial charge in [-0.3, -0.25) is 4.18 Å². The molecule has 0 radical (unpaired) electrons. The van der Waals surface area contributed by atoms with Gasteiger partial charge in [0.25, 0.3) is 10.1 Å². The summed E-state index contributed by atoms with van der Waals surface area (Å²) in [6.45, 7) is 6.13. The summed E-state index contributed by atoms with van der Waals surface area (Å²) in [6.07, 6.45) is 0. The number of methoxy groups -OCH3 is 1. The Morgan fingerprint density at radius 2 is 1.74 bits per heavy atom. The minimum atomic E-state index is -3.75. The van der Waals surface area contributed by atoms with Crippen molar-refractivity contribution >= 4 is 18.2 Å². The summed E-state index contributed by atoms with van der Waals surface area (Å²) in [5.74, 6) is 3.35. The van der Waals surface area contributed by atoms with Gasteiger partial charge in [-0.25, -0.2) is 0 Å². The van der Waals surface area contributed by atoms with Crippen molar-refractivity contribution in [2.45, 2.75) is 24.5 Å². The molecule has 0 aliphatic heterocycles. The topological polar surface area (TPSA) is 52.6 Å². The minimum absolute atomic E-state index is 0.100. The third kappa shape index (κ3) is 5.47. The molecule has 4 nitrogen and oxygen atoms in total. The van der Waals surface area contributed by atoms with Gasteiger partial charge >= 0.3 is 0 Å². The zero-order chi connectivity index (χ0) is 14.5. The van der Waals surface area contributed by atoms with Crippen molar-refractivity contribution in [3.05, 3.63) is 24.3 Å². The summed E-state index contributed by atoms with van der Waals surface area (Å²) >= 11 is 0. The molecule has 0 unspecified atom stereocenters. The first-order valence-corrected chi connectivity index (χ1v) is 10.7. The van der Waals surface area contributed by atoms with E-state index >= 15 is 0 Å². The number of hydrogen-bond acceptors (Lipinski definition) is 4. The molecule has 0 aliphatic carbocycles. The molecule has 1 rings (SSSR count). The van der Waals surface area contributed by atoms with Crippen LogP contribution in [0.4, 0.5) is 0 Å². The Morgan fingerprint density at radius 3 is 2.21 bits per heavy atom. The fourth-order valence-corrected chi connectivity index (χ4v) is 2.64. The molecular weight excluding hydrogens is 280 g/mol. The molecule has 0 N–H and O–H groups in total. The van der Waals surface area contributed by atoms with Crippen LogP contribution in [0.2, 0.25) is 19.6 Å². The standard InChI is InChI=1S/C13H18O4SSi/c1-16-12-6-8-13(9-7-12)18(14,15)17-10-5-11-19(2,3)4/h6-9H,10H2,1-4H3. The SMILES string of the molecule is COc1ccc(S(=O)(=O)OCC#C[Si](C)(C)C)cc1. The molecule has 104 valence electrons. The highest BCUT2D eigenvalue weighted by Gasteiger charge is 2.14. The van der Waals surface area contributed by atoms with Crippen LogP contribution >= 0.6 is 0 Å². The van der Waals surface area contributed by atoms with E-state index in [0.717, 1.165) is 0 Å². The van der Waals surface area contributed by atoms with Crippen LogP contribution in [0.15, 0.2) is 29.2 Å². The molecule has 0 heterocycles. The van der Waals surface area contributed by atoms with E-state index < -0.39 is 18.2 Å². The highest BCUT2D eigenvalue weighted by molar-refractivity contribution is 7.86. The molecule has 6 heteroatoms. The Morgan fingerprint density at radius 1 is 1.16 bits per heavy atom. The normalized spacial score (nSPS) is 11.6. The molecule has 1 aromatic carbocycles. The van der Waals surface area contributed by atoms with Gasteiger partial charge in [-0.15, -0.1) is 5.54 Å². The van der Waals surface area contributed by atoms with Crippen LogP contribution in [0, 0.1) is 11.5 Å². The van der Waals surface area contributed by atoms with Gasteiger partial charge in [0.05, 0.1) is 12.0 Å². The monoisotopic (exact) mass is 298 g/mol. The van der Waals surface area contributed by atoms with Gasteiger partial charge in [0, 0.05) is 0 Å². The van der Waals surface area contributed by atoms with Crippen LogP contribution in [-0.4, -0.2) is 30.2 Å². The average Bonchev–Trinajstić information content (AvgIpc) is 2.34. The van der Waals surface area contributed by atoms with Gasteiger partial charge in [0.1, 0.15) is 20.4 Å². The lowest BCUT2D eigenvalue weighted by Gasteiger charge is -2.05. The predicted octanol–water partition coefficient (Wildman–Crippen LogP) is 2.28. The molecular formula is C13H18O4SSi. The molecule has 0 fully saturated rings. The van der Waals surface area contributed by atoms with E-state index in [1.165, 1.54) is 19.2 Å². The Balaban J connectivity index is 2.72. The fraction of sp³-hybridized carbons (Fsp3) is 0.385. The zero-order valence-electron chi connectivity index (χ0n) is 11.6. The van der Waals surface area contributed by atoms with E-state index in [1.807, 2.05) is 0 Å². The van der Waals surface area contributed by atoms with Gasteiger partial charge in [0.15, 0.2) is 0 Å². The lowest BCUT2D eigenvalue weighted by molar-refractivity contribution is 0.363. The average molecular weight is 298 g/mol. The van der Waals surface area contributed by atoms with Gasteiger partial charge in [-0.2, -0.15) is 8.42 Å². The van der Waals surface area contributed by atoms with E-state index in [2.05, 4.69) is 31.1 Å². The number of rotatable bonds is 4. The van der Waals surface area contributed by atoms with Crippen molar-refractivity contribution in [1.82, 2.24) is 0 Å². The molecule has 0 saturated carbocycles. The zero-order valence-corrected chi connectivity index (χ0v) is 13.4.